The fraction of sp³-hybridized carbons (Fsp3) is 0.143. The third-order valence-electron chi connectivity index (χ3n) is 11.3. The van der Waals surface area contributed by atoms with Crippen molar-refractivity contribution in [1.82, 2.24) is 0 Å². The molecule has 0 aliphatic rings. The molecule has 4 nitrogen and oxygen atoms in total. The Kier molecular flexibility index (Phi) is 24.0. The van der Waals surface area contributed by atoms with E-state index in [4.69, 9.17) is 19.7 Å². The lowest BCUT2D eigenvalue weighted by Crippen LogP contribution is -2.54. The van der Waals surface area contributed by atoms with Crippen LogP contribution in [-0.4, -0.2) is 42.0 Å². The van der Waals surface area contributed by atoms with Gasteiger partial charge in [0.1, 0.15) is 40.4 Å². The molecule has 0 aliphatic heterocycles. The van der Waals surface area contributed by atoms with E-state index < -0.39 is 69.3 Å². The molecule has 8 aromatic carbocycles. The van der Waals surface area contributed by atoms with E-state index in [1.54, 1.807) is 48.2 Å². The Morgan fingerprint density at radius 2 is 0.550 bits per heavy atom. The van der Waals surface area contributed by atoms with Gasteiger partial charge in [0.05, 0.1) is 7.11 Å². The zero-order chi connectivity index (χ0) is 55.7. The Bertz CT molecular complexity index is 2980. The molecule has 0 aromatic heterocycles. The molecule has 0 saturated carbocycles. The largest absolute Gasteiger partial charge is 0.508 e. The maximum absolute atomic E-state index is 14.3. The first-order chi connectivity index (χ1) is 35.7. The molecule has 0 spiro atoms. The Labute approximate surface area is 453 Å². The van der Waals surface area contributed by atoms with Crippen LogP contribution in [0.15, 0.2) is 214 Å². The van der Waals surface area contributed by atoms with Gasteiger partial charge in [-0.2, -0.15) is 52.7 Å². The first-order valence-corrected chi connectivity index (χ1v) is 23.6. The fourth-order valence-corrected chi connectivity index (χ4v) is 9.23. The minimum absolute atomic E-state index is 0. The highest BCUT2D eigenvalue weighted by molar-refractivity contribution is 7.99. The third-order valence-corrected chi connectivity index (χ3v) is 13.3. The smallest absolute Gasteiger partial charge is 0.411 e. The summed E-state index contributed by atoms with van der Waals surface area (Å²) in [5, 5.41) is 18.3. The van der Waals surface area contributed by atoms with Crippen LogP contribution in [0.5, 0.6) is 28.7 Å². The quantitative estimate of drug-likeness (QED) is 0.126. The van der Waals surface area contributed by atoms with Crippen molar-refractivity contribution in [3.05, 3.63) is 234 Å². The summed E-state index contributed by atoms with van der Waals surface area (Å²) in [4.78, 5) is 3.86. The van der Waals surface area contributed by atoms with E-state index in [1.165, 1.54) is 43.1 Å². The van der Waals surface area contributed by atoms with Gasteiger partial charge in [-0.3, -0.25) is 18.8 Å². The van der Waals surface area contributed by atoms with E-state index >= 15 is 0 Å². The molecule has 0 heterocycles. The molecule has 0 amide bonds. The topological polar surface area (TPSA) is 58.9 Å². The Morgan fingerprint density at radius 1 is 0.325 bits per heavy atom. The SMILES string of the molecule is COc1ccc(C(c2ccc(Oc3ccc(Sc4ccc(C)cc4)cc3)cc2)(C(F)(F)F)C(F)(F)F)cc1.F.F.F.F.Fc1ccc(Sc2ccc(F)cc2)cc1.Oc1ccc(C(c2ccc(O)cc2)(C(F)(F)F)C(F)(F)F)cc1. The second-order valence-electron chi connectivity index (χ2n) is 16.3. The highest BCUT2D eigenvalue weighted by Crippen LogP contribution is 2.58. The summed E-state index contributed by atoms with van der Waals surface area (Å²) in [5.74, 6) is -0.800. The molecular formula is C56H44F18O4S2. The summed E-state index contributed by atoms with van der Waals surface area (Å²) in [6.07, 6.45) is -22.7. The normalized spacial score (nSPS) is 11.6. The highest BCUT2D eigenvalue weighted by atomic mass is 32.2. The van der Waals surface area contributed by atoms with E-state index in [-0.39, 0.29) is 42.0 Å². The van der Waals surface area contributed by atoms with E-state index in [0.717, 1.165) is 97.9 Å². The summed E-state index contributed by atoms with van der Waals surface area (Å²) >= 11 is 3.02. The number of rotatable bonds is 11. The van der Waals surface area contributed by atoms with Crippen LogP contribution in [-0.2, 0) is 10.8 Å². The van der Waals surface area contributed by atoms with Crippen LogP contribution in [0.4, 0.5) is 80.3 Å². The second kappa shape index (κ2) is 28.0. The molecule has 0 atom stereocenters. The predicted octanol–water partition coefficient (Wildman–Crippen LogP) is 18.6. The molecule has 0 unspecified atom stereocenters. The van der Waals surface area contributed by atoms with Gasteiger partial charge < -0.3 is 19.7 Å². The molecule has 0 fully saturated rings. The Morgan fingerprint density at radius 3 is 0.812 bits per heavy atom. The number of alkyl halides is 12. The molecule has 80 heavy (non-hydrogen) atoms. The van der Waals surface area contributed by atoms with Crippen molar-refractivity contribution < 1.29 is 100.0 Å². The summed E-state index contributed by atoms with van der Waals surface area (Å²) in [5.41, 5.74) is -11.5. The van der Waals surface area contributed by atoms with Crippen molar-refractivity contribution in [2.24, 2.45) is 0 Å². The van der Waals surface area contributed by atoms with Crippen molar-refractivity contribution in [3.8, 4) is 28.7 Å². The minimum Gasteiger partial charge on any atom is -0.508 e. The maximum atomic E-state index is 14.3. The van der Waals surface area contributed by atoms with Gasteiger partial charge in [0.2, 0.25) is 10.8 Å². The van der Waals surface area contributed by atoms with Gasteiger partial charge in [-0.05, 0) is 163 Å². The zero-order valence-corrected chi connectivity index (χ0v) is 42.6. The van der Waals surface area contributed by atoms with Crippen LogP contribution in [0.3, 0.4) is 0 Å². The number of hydrogen-bond donors (Lipinski definition) is 2. The van der Waals surface area contributed by atoms with Crippen molar-refractivity contribution in [2.75, 3.05) is 7.11 Å². The Balaban J connectivity index is 0.000000444. The number of aromatic hydroxyl groups is 2. The average molecular weight is 1190 g/mol. The number of ether oxygens (including phenoxy) is 2. The number of phenolic OH excluding ortho intramolecular Hbond substituents is 2. The summed E-state index contributed by atoms with van der Waals surface area (Å²) < 4.78 is 203. The molecule has 0 saturated heterocycles. The molecule has 8 rings (SSSR count). The number of phenols is 2. The first-order valence-electron chi connectivity index (χ1n) is 22.0. The summed E-state index contributed by atoms with van der Waals surface area (Å²) in [6, 6.07) is 40.2. The monoisotopic (exact) mass is 1190 g/mol. The van der Waals surface area contributed by atoms with E-state index in [2.05, 4.69) is 0 Å². The molecule has 2 N–H and O–H groups in total. The standard InChI is InChI=1S/C29H22F6O2S.C15H10F6O2.C12H8F2S.4FH/c1-19-3-15-25(16-4-19)38-26-17-13-24(14-18-26)37-23-11-7-21(8-12-23)27(28(30,31)32,29(33,34)35)20-5-9-22(36-2)10-6-20;16-14(17,18)13(15(19,20)21,9-1-5-11(22)6-2-9)10-3-7-12(23)8-4-10;13-9-1-5-11(6-2-9)15-12-7-3-10(14)4-8-12;;;;/h3-18H,1-2H3;1-8,22-23H;1-8H;4*1H. The van der Waals surface area contributed by atoms with Crippen LogP contribution in [0.2, 0.25) is 0 Å². The molecule has 24 heteroatoms. The molecular weight excluding hydrogens is 1140 g/mol. The van der Waals surface area contributed by atoms with Crippen molar-refractivity contribution in [3.63, 3.8) is 0 Å². The summed E-state index contributed by atoms with van der Waals surface area (Å²) in [6.45, 7) is 2.00. The lowest BCUT2D eigenvalue weighted by molar-refractivity contribution is -0.290. The number of halogens is 18. The fourth-order valence-electron chi connectivity index (χ4n) is 7.60. The Hall–Kier alpha value is -7.60. The second-order valence-corrected chi connectivity index (χ2v) is 18.6. The number of aryl methyl sites for hydroxylation is 1. The summed E-state index contributed by atoms with van der Waals surface area (Å²) in [7, 11) is 1.27. The molecule has 0 bridgehead atoms. The maximum Gasteiger partial charge on any atom is 0.411 e. The molecule has 8 aromatic rings. The molecule has 0 aliphatic carbocycles. The van der Waals surface area contributed by atoms with Gasteiger partial charge in [-0.15, -0.1) is 0 Å². The van der Waals surface area contributed by atoms with Crippen LogP contribution in [0.25, 0.3) is 0 Å². The van der Waals surface area contributed by atoms with Gasteiger partial charge >= 0.3 is 24.7 Å². The molecule has 430 valence electrons. The number of benzene rings is 8. The molecule has 0 radical (unpaired) electrons. The van der Waals surface area contributed by atoms with E-state index in [0.29, 0.717) is 30.0 Å². The average Bonchev–Trinajstić information content (AvgIpc) is 3.35. The van der Waals surface area contributed by atoms with Crippen molar-refractivity contribution in [1.29, 1.82) is 0 Å². The third kappa shape index (κ3) is 15.8. The zero-order valence-electron chi connectivity index (χ0n) is 40.9. The predicted molar refractivity (Wildman–Crippen MR) is 270 cm³/mol. The van der Waals surface area contributed by atoms with Gasteiger partial charge in [-0.25, -0.2) is 8.78 Å². The van der Waals surface area contributed by atoms with Gasteiger partial charge in [0.25, 0.3) is 0 Å². The number of methoxy groups -OCH3 is 1. The highest BCUT2D eigenvalue weighted by Gasteiger charge is 2.73. The van der Waals surface area contributed by atoms with E-state index in [1.807, 2.05) is 43.3 Å². The van der Waals surface area contributed by atoms with Gasteiger partial charge in [-0.1, -0.05) is 89.8 Å². The van der Waals surface area contributed by atoms with Crippen LogP contribution in [0, 0.1) is 18.6 Å². The first kappa shape index (κ1) is 68.5. The lowest BCUT2D eigenvalue weighted by atomic mass is 9.73. The van der Waals surface area contributed by atoms with E-state index in [9.17, 15) is 61.5 Å². The van der Waals surface area contributed by atoms with Crippen LogP contribution < -0.4 is 9.47 Å². The van der Waals surface area contributed by atoms with Crippen LogP contribution >= 0.6 is 23.5 Å². The number of hydrogen-bond acceptors (Lipinski definition) is 6. The lowest BCUT2D eigenvalue weighted by Gasteiger charge is -2.38. The van der Waals surface area contributed by atoms with Crippen LogP contribution in [0.1, 0.15) is 27.8 Å². The van der Waals surface area contributed by atoms with Crippen molar-refractivity contribution >= 4 is 23.5 Å². The minimum atomic E-state index is -5.70. The van der Waals surface area contributed by atoms with Gasteiger partial charge in [0, 0.05) is 19.6 Å². The van der Waals surface area contributed by atoms with Gasteiger partial charge in [0.15, 0.2) is 0 Å². The van der Waals surface area contributed by atoms with Crippen molar-refractivity contribution in [2.45, 2.75) is 62.0 Å².